The minimum Gasteiger partial charge on any atom is -0.480 e. The molecule has 9 heteroatoms. The molecule has 0 aliphatic rings. The predicted octanol–water partition coefficient (Wildman–Crippen LogP) is 1.37. The molecule has 2 heterocycles. The molecule has 0 aromatic carbocycles. The number of hydrogen-bond donors (Lipinski definition) is 2. The molecule has 0 aliphatic heterocycles. The van der Waals surface area contributed by atoms with Gasteiger partial charge in [0.25, 0.3) is 5.91 Å². The van der Waals surface area contributed by atoms with Crippen LogP contribution in [0.25, 0.3) is 11.0 Å². The Labute approximate surface area is 157 Å². The summed E-state index contributed by atoms with van der Waals surface area (Å²) < 4.78 is 1.77. The number of nitrogens with one attached hydrogen (secondary N) is 1. The number of aromatic nitrogens is 3. The van der Waals surface area contributed by atoms with Crippen LogP contribution in [0.1, 0.15) is 49.8 Å². The third-order valence-corrected chi connectivity index (χ3v) is 4.29. The van der Waals surface area contributed by atoms with Crippen LogP contribution in [0.5, 0.6) is 0 Å². The van der Waals surface area contributed by atoms with Gasteiger partial charge in [0.1, 0.15) is 6.04 Å². The molecule has 0 radical (unpaired) electrons. The van der Waals surface area contributed by atoms with E-state index in [1.807, 2.05) is 13.8 Å². The molecule has 2 N–H and O–H groups in total. The number of carboxylic acids is 1. The second kappa shape index (κ2) is 8.15. The molecule has 2 rings (SSSR count). The average molecular weight is 375 g/mol. The first kappa shape index (κ1) is 20.3. The van der Waals surface area contributed by atoms with Crippen LogP contribution in [0.15, 0.2) is 12.3 Å². The summed E-state index contributed by atoms with van der Waals surface area (Å²) in [6, 6.07) is 0.767. The molecular weight excluding hydrogens is 350 g/mol. The first-order valence-electron chi connectivity index (χ1n) is 8.76. The third-order valence-electron chi connectivity index (χ3n) is 4.29. The normalized spacial score (nSPS) is 12.2. The number of carbonyl (C=O) groups excluding carboxylic acids is 2. The second-order valence-corrected chi connectivity index (χ2v) is 6.71. The van der Waals surface area contributed by atoms with E-state index in [0.29, 0.717) is 22.3 Å². The van der Waals surface area contributed by atoms with E-state index in [0.717, 1.165) is 0 Å². The number of aliphatic carboxylic acids is 1. The molecule has 0 spiro atoms. The molecule has 1 unspecified atom stereocenters. The van der Waals surface area contributed by atoms with Gasteiger partial charge in [0.15, 0.2) is 5.65 Å². The Hall–Kier alpha value is -2.97. The van der Waals surface area contributed by atoms with E-state index < -0.39 is 17.9 Å². The van der Waals surface area contributed by atoms with E-state index >= 15 is 0 Å². The van der Waals surface area contributed by atoms with Crippen LogP contribution in [0.4, 0.5) is 0 Å². The van der Waals surface area contributed by atoms with Gasteiger partial charge in [-0.2, -0.15) is 5.10 Å². The molecule has 0 bridgehead atoms. The smallest absolute Gasteiger partial charge is 0.326 e. The lowest BCUT2D eigenvalue weighted by Crippen LogP contribution is -2.47. The Morgan fingerprint density at radius 2 is 1.96 bits per heavy atom. The number of pyridine rings is 1. The van der Waals surface area contributed by atoms with Crippen molar-refractivity contribution in [3.05, 3.63) is 23.5 Å². The number of fused-ring (bicyclic) bond motifs is 1. The van der Waals surface area contributed by atoms with Gasteiger partial charge in [0.05, 0.1) is 17.5 Å². The van der Waals surface area contributed by atoms with Crippen molar-refractivity contribution in [3.63, 3.8) is 0 Å². The highest BCUT2D eigenvalue weighted by molar-refractivity contribution is 6.00. The van der Waals surface area contributed by atoms with Crippen molar-refractivity contribution in [1.29, 1.82) is 0 Å². The maximum Gasteiger partial charge on any atom is 0.326 e. The van der Waals surface area contributed by atoms with Crippen LogP contribution in [-0.2, 0) is 9.59 Å². The van der Waals surface area contributed by atoms with Gasteiger partial charge in [0.2, 0.25) is 5.91 Å². The Morgan fingerprint density at radius 1 is 1.30 bits per heavy atom. The summed E-state index contributed by atoms with van der Waals surface area (Å²) in [5.74, 6) is -1.81. The van der Waals surface area contributed by atoms with Crippen molar-refractivity contribution >= 4 is 28.8 Å². The van der Waals surface area contributed by atoms with Gasteiger partial charge < -0.3 is 15.3 Å². The SMILES string of the molecule is CC(=O)NCCN(C(=O)c1cc2cnn(C(C)C)c2nc1C)C(C)C(=O)O. The van der Waals surface area contributed by atoms with Crippen molar-refractivity contribution in [3.8, 4) is 0 Å². The Morgan fingerprint density at radius 3 is 2.52 bits per heavy atom. The molecule has 1 atom stereocenters. The van der Waals surface area contributed by atoms with Gasteiger partial charge in [-0.1, -0.05) is 0 Å². The molecule has 2 amide bonds. The number of aryl methyl sites for hydroxylation is 1. The fourth-order valence-electron chi connectivity index (χ4n) is 2.77. The molecule has 0 aliphatic carbocycles. The van der Waals surface area contributed by atoms with Crippen LogP contribution >= 0.6 is 0 Å². The summed E-state index contributed by atoms with van der Waals surface area (Å²) in [5, 5.41) is 16.9. The second-order valence-electron chi connectivity index (χ2n) is 6.71. The molecule has 2 aromatic rings. The van der Waals surface area contributed by atoms with Crippen molar-refractivity contribution in [1.82, 2.24) is 25.0 Å². The van der Waals surface area contributed by atoms with Gasteiger partial charge in [-0.3, -0.25) is 9.59 Å². The Kier molecular flexibility index (Phi) is 6.14. The van der Waals surface area contributed by atoms with Crippen molar-refractivity contribution in [2.24, 2.45) is 0 Å². The van der Waals surface area contributed by atoms with Crippen LogP contribution in [0.3, 0.4) is 0 Å². The maximum absolute atomic E-state index is 13.1. The zero-order valence-corrected chi connectivity index (χ0v) is 16.2. The molecule has 9 nitrogen and oxygen atoms in total. The largest absolute Gasteiger partial charge is 0.480 e. The number of nitrogens with zero attached hydrogens (tertiary/aromatic N) is 4. The molecule has 146 valence electrons. The summed E-state index contributed by atoms with van der Waals surface area (Å²) in [4.78, 5) is 41.3. The topological polar surface area (TPSA) is 117 Å². The summed E-state index contributed by atoms with van der Waals surface area (Å²) in [7, 11) is 0. The third kappa shape index (κ3) is 4.42. The minimum absolute atomic E-state index is 0.0780. The highest BCUT2D eigenvalue weighted by Gasteiger charge is 2.28. The minimum atomic E-state index is -1.12. The highest BCUT2D eigenvalue weighted by atomic mass is 16.4. The average Bonchev–Trinajstić information content (AvgIpc) is 2.99. The Balaban J connectivity index is 2.39. The van der Waals surface area contributed by atoms with E-state index in [9.17, 15) is 19.5 Å². The van der Waals surface area contributed by atoms with Gasteiger partial charge in [-0.25, -0.2) is 14.5 Å². The Bertz CT molecular complexity index is 874. The number of hydrogen-bond acceptors (Lipinski definition) is 5. The fraction of sp³-hybridized carbons (Fsp3) is 0.500. The summed E-state index contributed by atoms with van der Waals surface area (Å²) >= 11 is 0. The standard InChI is InChI=1S/C18H25N5O4/c1-10(2)23-16-14(9-20-23)8-15(11(3)21-16)17(25)22(12(4)18(26)27)7-6-19-13(5)24/h8-10,12H,6-7H2,1-5H3,(H,19,24)(H,26,27). The molecule has 27 heavy (non-hydrogen) atoms. The van der Waals surface area contributed by atoms with Crippen molar-refractivity contribution in [2.45, 2.75) is 46.7 Å². The van der Waals surface area contributed by atoms with E-state index in [4.69, 9.17) is 0 Å². The monoisotopic (exact) mass is 375 g/mol. The van der Waals surface area contributed by atoms with E-state index in [1.165, 1.54) is 18.7 Å². The molecular formula is C18H25N5O4. The highest BCUT2D eigenvalue weighted by Crippen LogP contribution is 2.21. The van der Waals surface area contributed by atoms with Crippen molar-refractivity contribution < 1.29 is 19.5 Å². The lowest BCUT2D eigenvalue weighted by molar-refractivity contribution is -0.141. The van der Waals surface area contributed by atoms with Crippen molar-refractivity contribution in [2.75, 3.05) is 13.1 Å². The first-order chi connectivity index (χ1) is 12.6. The summed E-state index contributed by atoms with van der Waals surface area (Å²) in [5.41, 5.74) is 1.49. The van der Waals surface area contributed by atoms with E-state index in [-0.39, 0.29) is 25.0 Å². The van der Waals surface area contributed by atoms with Gasteiger partial charge >= 0.3 is 5.97 Å². The van der Waals surface area contributed by atoms with Gasteiger partial charge in [-0.15, -0.1) is 0 Å². The molecule has 0 fully saturated rings. The summed E-state index contributed by atoms with van der Waals surface area (Å²) in [6.45, 7) is 8.73. The first-order valence-corrected chi connectivity index (χ1v) is 8.76. The van der Waals surface area contributed by atoms with Gasteiger partial charge in [0, 0.05) is 31.4 Å². The number of rotatable bonds is 7. The van der Waals surface area contributed by atoms with Gasteiger partial charge in [-0.05, 0) is 33.8 Å². The molecule has 0 saturated heterocycles. The fourth-order valence-corrected chi connectivity index (χ4v) is 2.77. The van der Waals surface area contributed by atoms with E-state index in [1.54, 1.807) is 23.9 Å². The molecule has 2 aromatic heterocycles. The number of carbonyl (C=O) groups is 3. The zero-order valence-electron chi connectivity index (χ0n) is 16.2. The number of carboxylic acid groups (broad SMARTS) is 1. The lowest BCUT2D eigenvalue weighted by Gasteiger charge is -2.27. The predicted molar refractivity (Wildman–Crippen MR) is 99.5 cm³/mol. The summed E-state index contributed by atoms with van der Waals surface area (Å²) in [6.07, 6.45) is 1.64. The number of amides is 2. The molecule has 0 saturated carbocycles. The zero-order chi connectivity index (χ0) is 20.3. The van der Waals surface area contributed by atoms with Crippen LogP contribution in [0.2, 0.25) is 0 Å². The van der Waals surface area contributed by atoms with Crippen LogP contribution in [-0.4, -0.2) is 61.7 Å². The maximum atomic E-state index is 13.1. The lowest BCUT2D eigenvalue weighted by atomic mass is 10.1. The van der Waals surface area contributed by atoms with Crippen LogP contribution in [0, 0.1) is 6.92 Å². The van der Waals surface area contributed by atoms with E-state index in [2.05, 4.69) is 15.4 Å². The van der Waals surface area contributed by atoms with Crippen LogP contribution < -0.4 is 5.32 Å². The quantitative estimate of drug-likeness (QED) is 0.755.